The van der Waals surface area contributed by atoms with E-state index in [9.17, 15) is 9.59 Å². The summed E-state index contributed by atoms with van der Waals surface area (Å²) in [7, 11) is 3.48. The van der Waals surface area contributed by atoms with Crippen LogP contribution >= 0.6 is 23.1 Å². The molecule has 2 heterocycles. The van der Waals surface area contributed by atoms with Crippen molar-refractivity contribution in [1.29, 1.82) is 0 Å². The van der Waals surface area contributed by atoms with Gasteiger partial charge in [-0.25, -0.2) is 4.98 Å². The maximum atomic E-state index is 12.9. The Morgan fingerprint density at radius 3 is 2.59 bits per heavy atom. The first kappa shape index (κ1) is 21.6. The highest BCUT2D eigenvalue weighted by Gasteiger charge is 2.25. The van der Waals surface area contributed by atoms with Gasteiger partial charge in [0.2, 0.25) is 5.91 Å². The number of likely N-dealkylation sites (N-methyl/N-ethyl adjacent to an activating group) is 1. The first-order chi connectivity index (χ1) is 13.8. The molecule has 0 saturated heterocycles. The van der Waals surface area contributed by atoms with E-state index in [1.54, 1.807) is 30.3 Å². The van der Waals surface area contributed by atoms with Gasteiger partial charge in [0.15, 0.2) is 5.16 Å². The number of aryl methyl sites for hydroxylation is 1. The number of carbonyl (C=O) groups excluding carboxylic acids is 1. The van der Waals surface area contributed by atoms with Gasteiger partial charge in [0, 0.05) is 19.0 Å². The van der Waals surface area contributed by atoms with E-state index in [-0.39, 0.29) is 11.5 Å². The van der Waals surface area contributed by atoms with Crippen molar-refractivity contribution in [3.8, 4) is 0 Å². The number of carbonyl (C=O) groups is 1. The Morgan fingerprint density at radius 2 is 1.97 bits per heavy atom. The number of hydrogen-bond donors (Lipinski definition) is 1. The third-order valence-electron chi connectivity index (χ3n) is 5.09. The number of thiophene rings is 1. The molecule has 0 saturated carbocycles. The van der Waals surface area contributed by atoms with Gasteiger partial charge in [-0.15, -0.1) is 11.3 Å². The number of amides is 1. The number of nitrogens with one attached hydrogen (secondary N) is 1. The van der Waals surface area contributed by atoms with E-state index in [4.69, 9.17) is 4.98 Å². The number of fused-ring (bicyclic) bond motifs is 1. The molecule has 0 aliphatic rings. The molecule has 1 N–H and O–H groups in total. The second-order valence-electron chi connectivity index (χ2n) is 7.55. The van der Waals surface area contributed by atoms with Crippen molar-refractivity contribution in [2.45, 2.75) is 44.0 Å². The summed E-state index contributed by atoms with van der Waals surface area (Å²) in [6, 6.07) is 9.60. The zero-order chi connectivity index (χ0) is 21.1. The lowest BCUT2D eigenvalue weighted by Crippen LogP contribution is -2.27. The van der Waals surface area contributed by atoms with E-state index in [1.165, 1.54) is 11.8 Å². The van der Waals surface area contributed by atoms with Gasteiger partial charge in [-0.2, -0.15) is 0 Å². The Kier molecular flexibility index (Phi) is 6.80. The maximum Gasteiger partial charge on any atom is 0.260 e. The minimum Gasteiger partial charge on any atom is -0.348 e. The summed E-state index contributed by atoms with van der Waals surface area (Å²) in [4.78, 5) is 36.8. The Morgan fingerprint density at radius 1 is 1.28 bits per heavy atom. The van der Waals surface area contributed by atoms with Crippen molar-refractivity contribution in [3.63, 3.8) is 0 Å². The number of H-pyrrole nitrogens is 1. The standard InChI is InChI=1S/C22H27N3O2S2/c1-6-13(2)12-16-14(3)28-20-17(16)19(26)23-22(24-20)29-18(21(27)25(4)5)15-10-8-7-9-11-15/h7-11,13,18H,6,12H2,1-5H3,(H,23,24,26). The zero-order valence-corrected chi connectivity index (χ0v) is 19.1. The summed E-state index contributed by atoms with van der Waals surface area (Å²) in [5, 5.41) is 0.711. The predicted octanol–water partition coefficient (Wildman–Crippen LogP) is 4.80. The van der Waals surface area contributed by atoms with Crippen molar-refractivity contribution >= 4 is 39.2 Å². The van der Waals surface area contributed by atoms with E-state index < -0.39 is 5.25 Å². The topological polar surface area (TPSA) is 66.1 Å². The van der Waals surface area contributed by atoms with Gasteiger partial charge < -0.3 is 9.88 Å². The molecule has 1 aromatic carbocycles. The van der Waals surface area contributed by atoms with Crippen LogP contribution in [-0.2, 0) is 11.2 Å². The SMILES string of the molecule is CCC(C)Cc1c(C)sc2nc(SC(C(=O)N(C)C)c3ccccc3)[nH]c(=O)c12. The molecular formula is C22H27N3O2S2. The Balaban J connectivity index is 2.01. The van der Waals surface area contributed by atoms with Crippen LogP contribution in [0, 0.1) is 12.8 Å². The van der Waals surface area contributed by atoms with Gasteiger partial charge in [-0.3, -0.25) is 9.59 Å². The van der Waals surface area contributed by atoms with Crippen LogP contribution in [0.25, 0.3) is 10.2 Å². The molecule has 2 atom stereocenters. The summed E-state index contributed by atoms with van der Waals surface area (Å²) in [5.74, 6) is 0.476. The smallest absolute Gasteiger partial charge is 0.260 e. The first-order valence-electron chi connectivity index (χ1n) is 9.76. The summed E-state index contributed by atoms with van der Waals surface area (Å²) >= 11 is 2.85. The van der Waals surface area contributed by atoms with Crippen molar-refractivity contribution in [3.05, 3.63) is 56.7 Å². The minimum absolute atomic E-state index is 0.0382. The molecule has 7 heteroatoms. The molecule has 0 bridgehead atoms. The highest BCUT2D eigenvalue weighted by Crippen LogP contribution is 2.36. The molecule has 0 radical (unpaired) electrons. The van der Waals surface area contributed by atoms with Gasteiger partial charge in [0.25, 0.3) is 5.56 Å². The number of nitrogens with zero attached hydrogens (tertiary/aromatic N) is 2. The van der Waals surface area contributed by atoms with Crippen LogP contribution in [0.2, 0.25) is 0 Å². The number of aromatic nitrogens is 2. The Hall–Kier alpha value is -2.12. The fourth-order valence-electron chi connectivity index (χ4n) is 3.18. The second kappa shape index (κ2) is 9.13. The third-order valence-corrected chi connectivity index (χ3v) is 7.25. The van der Waals surface area contributed by atoms with Crippen molar-refractivity contribution in [2.24, 2.45) is 5.92 Å². The summed E-state index contributed by atoms with van der Waals surface area (Å²) in [6.07, 6.45) is 1.95. The summed E-state index contributed by atoms with van der Waals surface area (Å²) in [6.45, 7) is 6.42. The zero-order valence-electron chi connectivity index (χ0n) is 17.5. The fraction of sp³-hybridized carbons (Fsp3) is 0.409. The molecule has 0 aliphatic carbocycles. The van der Waals surface area contributed by atoms with Crippen LogP contribution in [0.4, 0.5) is 0 Å². The van der Waals surface area contributed by atoms with Gasteiger partial charge in [0.1, 0.15) is 10.1 Å². The molecule has 0 fully saturated rings. The average molecular weight is 430 g/mol. The lowest BCUT2D eigenvalue weighted by atomic mass is 9.98. The van der Waals surface area contributed by atoms with Crippen LogP contribution in [0.15, 0.2) is 40.3 Å². The molecule has 5 nitrogen and oxygen atoms in total. The van der Waals surface area contributed by atoms with Gasteiger partial charge in [0.05, 0.1) is 5.39 Å². The Labute approximate surface area is 179 Å². The molecule has 2 aromatic heterocycles. The number of hydrogen-bond acceptors (Lipinski definition) is 5. The molecule has 1 amide bonds. The van der Waals surface area contributed by atoms with E-state index >= 15 is 0 Å². The molecular weight excluding hydrogens is 402 g/mol. The van der Waals surface area contributed by atoms with Crippen LogP contribution in [0.1, 0.15) is 41.5 Å². The van der Waals surface area contributed by atoms with Crippen molar-refractivity contribution in [2.75, 3.05) is 14.1 Å². The number of rotatable bonds is 7. The minimum atomic E-state index is -0.465. The Bertz CT molecular complexity index is 1060. The molecule has 154 valence electrons. The van der Waals surface area contributed by atoms with Crippen LogP contribution < -0.4 is 5.56 Å². The van der Waals surface area contributed by atoms with Gasteiger partial charge in [-0.05, 0) is 30.4 Å². The lowest BCUT2D eigenvalue weighted by Gasteiger charge is -2.20. The average Bonchev–Trinajstić information content (AvgIpc) is 3.01. The number of thioether (sulfide) groups is 1. The number of aromatic amines is 1. The molecule has 0 spiro atoms. The second-order valence-corrected chi connectivity index (χ2v) is 9.84. The number of benzene rings is 1. The quantitative estimate of drug-likeness (QED) is 0.433. The lowest BCUT2D eigenvalue weighted by molar-refractivity contribution is -0.128. The largest absolute Gasteiger partial charge is 0.348 e. The van der Waals surface area contributed by atoms with E-state index in [2.05, 4.69) is 25.8 Å². The molecule has 0 aliphatic heterocycles. The van der Waals surface area contributed by atoms with Crippen LogP contribution in [0.3, 0.4) is 0 Å². The van der Waals surface area contributed by atoms with Crippen LogP contribution in [-0.4, -0.2) is 34.9 Å². The van der Waals surface area contributed by atoms with E-state index in [1.807, 2.05) is 30.3 Å². The van der Waals surface area contributed by atoms with Gasteiger partial charge in [-0.1, -0.05) is 62.4 Å². The highest BCUT2D eigenvalue weighted by molar-refractivity contribution is 8.00. The summed E-state index contributed by atoms with van der Waals surface area (Å²) in [5.41, 5.74) is 1.87. The van der Waals surface area contributed by atoms with Gasteiger partial charge >= 0.3 is 0 Å². The van der Waals surface area contributed by atoms with E-state index in [0.29, 0.717) is 16.5 Å². The van der Waals surface area contributed by atoms with E-state index in [0.717, 1.165) is 33.7 Å². The molecule has 3 aromatic rings. The molecule has 2 unspecified atom stereocenters. The monoisotopic (exact) mass is 429 g/mol. The molecule has 3 rings (SSSR count). The van der Waals surface area contributed by atoms with Crippen LogP contribution in [0.5, 0.6) is 0 Å². The molecule has 29 heavy (non-hydrogen) atoms. The third kappa shape index (κ3) is 4.73. The predicted molar refractivity (Wildman–Crippen MR) is 122 cm³/mol. The van der Waals surface area contributed by atoms with Crippen molar-refractivity contribution < 1.29 is 4.79 Å². The first-order valence-corrected chi connectivity index (χ1v) is 11.5. The maximum absolute atomic E-state index is 12.9. The normalized spacial score (nSPS) is 13.4. The fourth-order valence-corrected chi connectivity index (χ4v) is 5.42. The van der Waals surface area contributed by atoms with Crippen molar-refractivity contribution in [1.82, 2.24) is 14.9 Å². The summed E-state index contributed by atoms with van der Waals surface area (Å²) < 4.78 is 0. The highest BCUT2D eigenvalue weighted by atomic mass is 32.2.